The fourth-order valence-electron chi connectivity index (χ4n) is 3.36. The number of ether oxygens (including phenoxy) is 2. The van der Waals surface area contributed by atoms with Crippen LogP contribution < -0.4 is 10.5 Å². The van der Waals surface area contributed by atoms with Gasteiger partial charge in [0.05, 0.1) is 24.7 Å². The number of carbonyl (C=O) groups excluding carboxylic acids is 2. The van der Waals surface area contributed by atoms with Crippen molar-refractivity contribution >= 4 is 22.0 Å². The predicted octanol–water partition coefficient (Wildman–Crippen LogP) is 1.76. The molecule has 36 heavy (non-hydrogen) atoms. The van der Waals surface area contributed by atoms with Gasteiger partial charge in [-0.2, -0.15) is 4.31 Å². The Hall–Kier alpha value is -3.36. The first-order valence-electron chi connectivity index (χ1n) is 10.8. The van der Waals surface area contributed by atoms with Gasteiger partial charge >= 0.3 is 6.03 Å². The molecule has 10 nitrogen and oxygen atoms in total. The Morgan fingerprint density at radius 1 is 1.06 bits per heavy atom. The number of carbonyl (C=O) groups is 2. The normalized spacial score (nSPS) is 14.1. The molecular formula is C22H25F3N4O6S. The van der Waals surface area contributed by atoms with E-state index in [4.69, 9.17) is 15.2 Å². The average molecular weight is 531 g/mol. The molecule has 2 aromatic carbocycles. The number of morpholine rings is 1. The minimum absolute atomic E-state index is 0.0758. The predicted molar refractivity (Wildman–Crippen MR) is 121 cm³/mol. The minimum atomic E-state index is -4.61. The van der Waals surface area contributed by atoms with E-state index >= 15 is 0 Å². The second-order valence-corrected chi connectivity index (χ2v) is 9.82. The molecule has 0 radical (unpaired) electrons. The number of sulfonamides is 1. The molecule has 2 aromatic rings. The Labute approximate surface area is 206 Å². The average Bonchev–Trinajstić information content (AvgIpc) is 2.84. The number of likely N-dealkylation sites (N-methyl/N-ethyl adjacent to an activating group) is 1. The third kappa shape index (κ3) is 6.65. The highest BCUT2D eigenvalue weighted by Crippen LogP contribution is 2.31. The highest BCUT2D eigenvalue weighted by molar-refractivity contribution is 7.89. The number of rotatable bonds is 9. The Morgan fingerprint density at radius 2 is 1.64 bits per heavy atom. The van der Waals surface area contributed by atoms with Crippen molar-refractivity contribution in [1.82, 2.24) is 14.1 Å². The first kappa shape index (κ1) is 27.2. The number of hydrogen-bond acceptors (Lipinski definition) is 6. The molecule has 196 valence electrons. The van der Waals surface area contributed by atoms with Crippen molar-refractivity contribution in [2.75, 3.05) is 53.0 Å². The summed E-state index contributed by atoms with van der Waals surface area (Å²) in [5, 5.41) is 0. The van der Waals surface area contributed by atoms with Crippen molar-refractivity contribution in [3.63, 3.8) is 0 Å². The molecule has 0 unspecified atom stereocenters. The van der Waals surface area contributed by atoms with E-state index in [0.29, 0.717) is 42.7 Å². The van der Waals surface area contributed by atoms with Gasteiger partial charge in [0.2, 0.25) is 15.9 Å². The number of hydrogen-bond donors (Lipinski definition) is 1. The lowest BCUT2D eigenvalue weighted by Crippen LogP contribution is -2.49. The lowest BCUT2D eigenvalue weighted by molar-refractivity contribution is -0.118. The van der Waals surface area contributed by atoms with Crippen LogP contribution >= 0.6 is 0 Å². The summed E-state index contributed by atoms with van der Waals surface area (Å²) in [6, 6.07) is 5.03. The summed E-state index contributed by atoms with van der Waals surface area (Å²) >= 11 is 0. The molecule has 0 atom stereocenters. The number of benzene rings is 2. The zero-order valence-corrected chi connectivity index (χ0v) is 20.1. The van der Waals surface area contributed by atoms with Crippen molar-refractivity contribution in [2.24, 2.45) is 5.73 Å². The van der Waals surface area contributed by atoms with Crippen molar-refractivity contribution in [3.8, 4) is 11.5 Å². The van der Waals surface area contributed by atoms with Gasteiger partial charge in [-0.15, -0.1) is 0 Å². The Bertz CT molecular complexity index is 1180. The van der Waals surface area contributed by atoms with Gasteiger partial charge in [-0.3, -0.25) is 4.79 Å². The molecule has 1 aliphatic heterocycles. The van der Waals surface area contributed by atoms with Gasteiger partial charge in [0.25, 0.3) is 0 Å². The number of urea groups is 1. The smallest absolute Gasteiger partial charge is 0.319 e. The topological polar surface area (TPSA) is 122 Å². The highest BCUT2D eigenvalue weighted by atomic mass is 32.2. The van der Waals surface area contributed by atoms with Crippen LogP contribution in [0.3, 0.4) is 0 Å². The van der Waals surface area contributed by atoms with E-state index in [1.807, 2.05) is 0 Å². The number of nitrogens with zero attached hydrogens (tertiary/aromatic N) is 3. The highest BCUT2D eigenvalue weighted by Gasteiger charge is 2.30. The number of amides is 3. The lowest BCUT2D eigenvalue weighted by atomic mass is 10.3. The zero-order chi connectivity index (χ0) is 26.5. The van der Waals surface area contributed by atoms with Crippen LogP contribution in [0.5, 0.6) is 11.5 Å². The molecule has 1 aliphatic rings. The minimum Gasteiger partial charge on any atom is -0.451 e. The zero-order valence-electron chi connectivity index (χ0n) is 19.3. The van der Waals surface area contributed by atoms with Crippen molar-refractivity contribution < 1.29 is 40.7 Å². The molecule has 1 saturated heterocycles. The maximum atomic E-state index is 14.7. The van der Waals surface area contributed by atoms with Crippen LogP contribution in [-0.4, -0.2) is 87.4 Å². The molecule has 0 spiro atoms. The van der Waals surface area contributed by atoms with Crippen LogP contribution in [0.2, 0.25) is 0 Å². The first-order chi connectivity index (χ1) is 17.0. The molecular weight excluding hydrogens is 505 g/mol. The second kappa shape index (κ2) is 11.6. The van der Waals surface area contributed by atoms with Crippen LogP contribution in [0.15, 0.2) is 41.3 Å². The van der Waals surface area contributed by atoms with Gasteiger partial charge in [-0.1, -0.05) is 0 Å². The molecule has 1 heterocycles. The molecule has 3 amide bonds. The fraction of sp³-hybridized carbons (Fsp3) is 0.364. The fourth-order valence-corrected chi connectivity index (χ4v) is 4.79. The molecule has 0 bridgehead atoms. The van der Waals surface area contributed by atoms with Gasteiger partial charge in [-0.25, -0.2) is 26.4 Å². The number of nitrogens with two attached hydrogens (primary N) is 1. The van der Waals surface area contributed by atoms with Gasteiger partial charge < -0.3 is 25.0 Å². The maximum Gasteiger partial charge on any atom is 0.319 e. The van der Waals surface area contributed by atoms with Crippen LogP contribution in [-0.2, 0) is 19.6 Å². The van der Waals surface area contributed by atoms with Gasteiger partial charge in [0, 0.05) is 33.2 Å². The van der Waals surface area contributed by atoms with E-state index in [0.717, 1.165) is 24.3 Å². The van der Waals surface area contributed by atoms with Crippen LogP contribution in [0, 0.1) is 17.5 Å². The third-order valence-corrected chi connectivity index (χ3v) is 7.09. The van der Waals surface area contributed by atoms with Crippen molar-refractivity contribution in [2.45, 2.75) is 4.90 Å². The van der Waals surface area contributed by atoms with E-state index < -0.39 is 50.6 Å². The first-order valence-corrected chi connectivity index (χ1v) is 12.2. The SMILES string of the molecule is CN(CCN(CC(N)=O)S(=O)(=O)c1cc(F)c(Oc2ccc(F)cc2)c(F)c1)C(=O)N1CCOCC1. The summed E-state index contributed by atoms with van der Waals surface area (Å²) in [6.07, 6.45) is 0. The summed E-state index contributed by atoms with van der Waals surface area (Å²) < 4.78 is 79.6. The Morgan fingerprint density at radius 3 is 2.19 bits per heavy atom. The van der Waals surface area contributed by atoms with Gasteiger partial charge in [0.1, 0.15) is 11.6 Å². The van der Waals surface area contributed by atoms with Crippen LogP contribution in [0.4, 0.5) is 18.0 Å². The number of halogens is 3. The Balaban J connectivity index is 1.79. The van der Waals surface area contributed by atoms with Crippen molar-refractivity contribution in [3.05, 3.63) is 53.8 Å². The summed E-state index contributed by atoms with van der Waals surface area (Å²) in [6.45, 7) is 0.224. The second-order valence-electron chi connectivity index (χ2n) is 7.88. The van der Waals surface area contributed by atoms with Crippen LogP contribution in [0.25, 0.3) is 0 Å². The van der Waals surface area contributed by atoms with E-state index in [1.54, 1.807) is 0 Å². The lowest BCUT2D eigenvalue weighted by Gasteiger charge is -2.32. The summed E-state index contributed by atoms with van der Waals surface area (Å²) in [7, 11) is -3.15. The quantitative estimate of drug-likeness (QED) is 0.527. The van der Waals surface area contributed by atoms with Crippen LogP contribution in [0.1, 0.15) is 0 Å². The maximum absolute atomic E-state index is 14.7. The monoisotopic (exact) mass is 530 g/mol. The van der Waals surface area contributed by atoms with E-state index in [-0.39, 0.29) is 24.9 Å². The van der Waals surface area contributed by atoms with Gasteiger partial charge in [-0.05, 0) is 36.4 Å². The largest absolute Gasteiger partial charge is 0.451 e. The number of primary amides is 1. The Kier molecular flexibility index (Phi) is 8.76. The summed E-state index contributed by atoms with van der Waals surface area (Å²) in [4.78, 5) is 26.1. The summed E-state index contributed by atoms with van der Waals surface area (Å²) in [5.74, 6) is -5.23. The molecule has 3 rings (SSSR count). The molecule has 0 aromatic heterocycles. The van der Waals surface area contributed by atoms with Gasteiger partial charge in [0.15, 0.2) is 17.4 Å². The molecule has 14 heteroatoms. The molecule has 1 fully saturated rings. The van der Waals surface area contributed by atoms with E-state index in [1.165, 1.54) is 16.8 Å². The molecule has 0 aliphatic carbocycles. The van der Waals surface area contributed by atoms with E-state index in [9.17, 15) is 31.2 Å². The summed E-state index contributed by atoms with van der Waals surface area (Å²) in [5.41, 5.74) is 5.19. The van der Waals surface area contributed by atoms with E-state index in [2.05, 4.69) is 0 Å². The molecule has 2 N–H and O–H groups in total. The van der Waals surface area contributed by atoms with Crippen molar-refractivity contribution in [1.29, 1.82) is 0 Å². The standard InChI is InChI=1S/C22H25F3N4O6S/c1-27(22(31)28-8-10-34-11-9-28)6-7-29(14-20(26)30)36(32,33)17-12-18(24)21(19(25)13-17)35-16-4-2-15(23)3-5-16/h2-5,12-13H,6-11,14H2,1H3,(H2,26,30). The third-order valence-electron chi connectivity index (χ3n) is 5.27. The molecule has 0 saturated carbocycles.